The molecule has 0 aliphatic heterocycles. The highest BCUT2D eigenvalue weighted by Crippen LogP contribution is 2.36. The van der Waals surface area contributed by atoms with E-state index in [-0.39, 0.29) is 11.9 Å². The van der Waals surface area contributed by atoms with E-state index in [1.54, 1.807) is 25.3 Å². The Morgan fingerprint density at radius 3 is 2.82 bits per heavy atom. The summed E-state index contributed by atoms with van der Waals surface area (Å²) in [7, 11) is 1.58. The number of rotatable bonds is 6. The van der Waals surface area contributed by atoms with Gasteiger partial charge in [0, 0.05) is 6.42 Å². The maximum absolute atomic E-state index is 11.9. The number of Topliss-reactive ketones (excluding diaryl/α,β-unsaturated/α-hetero) is 1. The molecule has 2 N–H and O–H groups in total. The SMILES string of the molecule is COc1cccc(C(=O)CCN)c1OC1CC1. The van der Waals surface area contributed by atoms with Crippen LogP contribution in [-0.2, 0) is 0 Å². The average Bonchev–Trinajstić information content (AvgIpc) is 3.13. The van der Waals surface area contributed by atoms with Gasteiger partial charge < -0.3 is 15.2 Å². The summed E-state index contributed by atoms with van der Waals surface area (Å²) in [6.07, 6.45) is 2.65. The molecule has 0 spiro atoms. The van der Waals surface area contributed by atoms with Crippen molar-refractivity contribution < 1.29 is 14.3 Å². The van der Waals surface area contributed by atoms with E-state index in [1.807, 2.05) is 0 Å². The number of benzene rings is 1. The van der Waals surface area contributed by atoms with E-state index in [4.69, 9.17) is 15.2 Å². The second-order valence-electron chi connectivity index (χ2n) is 4.12. The minimum Gasteiger partial charge on any atom is -0.493 e. The minimum atomic E-state index is 0.00190. The van der Waals surface area contributed by atoms with Crippen molar-refractivity contribution in [1.82, 2.24) is 0 Å². The Kier molecular flexibility index (Phi) is 3.64. The number of carbonyl (C=O) groups is 1. The lowest BCUT2D eigenvalue weighted by Gasteiger charge is -2.13. The molecular weight excluding hydrogens is 218 g/mol. The first-order chi connectivity index (χ1) is 8.26. The molecule has 1 aliphatic rings. The average molecular weight is 235 g/mol. The molecule has 1 aromatic rings. The normalized spacial score (nSPS) is 14.5. The molecule has 0 radical (unpaired) electrons. The second kappa shape index (κ2) is 5.19. The Hall–Kier alpha value is -1.55. The Labute approximate surface area is 101 Å². The van der Waals surface area contributed by atoms with Gasteiger partial charge in [0.15, 0.2) is 17.3 Å². The van der Waals surface area contributed by atoms with Gasteiger partial charge >= 0.3 is 0 Å². The fraction of sp³-hybridized carbons (Fsp3) is 0.462. The molecule has 1 saturated carbocycles. The number of hydrogen-bond acceptors (Lipinski definition) is 4. The van der Waals surface area contributed by atoms with Crippen LogP contribution in [0, 0.1) is 0 Å². The molecule has 4 nitrogen and oxygen atoms in total. The van der Waals surface area contributed by atoms with E-state index >= 15 is 0 Å². The van der Waals surface area contributed by atoms with E-state index < -0.39 is 0 Å². The third-order valence-corrected chi connectivity index (χ3v) is 2.68. The Balaban J connectivity index is 2.30. The molecule has 0 bridgehead atoms. The standard InChI is InChI=1S/C13H17NO3/c1-16-12-4-2-3-10(11(15)7-8-14)13(12)17-9-5-6-9/h2-4,9H,5-8,14H2,1H3. The van der Waals surface area contributed by atoms with Gasteiger partial charge in [0.1, 0.15) is 0 Å². The zero-order chi connectivity index (χ0) is 12.3. The van der Waals surface area contributed by atoms with Crippen molar-refractivity contribution in [2.24, 2.45) is 5.73 Å². The number of ketones is 1. The summed E-state index contributed by atoms with van der Waals surface area (Å²) in [5.41, 5.74) is 5.98. The van der Waals surface area contributed by atoms with Crippen LogP contribution < -0.4 is 15.2 Å². The molecule has 4 heteroatoms. The highest BCUT2D eigenvalue weighted by Gasteiger charge is 2.27. The first kappa shape index (κ1) is 11.9. The van der Waals surface area contributed by atoms with Gasteiger partial charge in [0.25, 0.3) is 0 Å². The molecule has 17 heavy (non-hydrogen) atoms. The van der Waals surface area contributed by atoms with Crippen molar-refractivity contribution >= 4 is 5.78 Å². The monoisotopic (exact) mass is 235 g/mol. The van der Waals surface area contributed by atoms with Crippen molar-refractivity contribution in [3.63, 3.8) is 0 Å². The van der Waals surface area contributed by atoms with Gasteiger partial charge in [0.2, 0.25) is 0 Å². The first-order valence-electron chi connectivity index (χ1n) is 5.83. The number of para-hydroxylation sites is 1. The lowest BCUT2D eigenvalue weighted by atomic mass is 10.1. The number of carbonyl (C=O) groups excluding carboxylic acids is 1. The second-order valence-corrected chi connectivity index (χ2v) is 4.12. The van der Waals surface area contributed by atoms with Crippen molar-refractivity contribution in [3.8, 4) is 11.5 Å². The van der Waals surface area contributed by atoms with Gasteiger partial charge in [-0.1, -0.05) is 6.07 Å². The third kappa shape index (κ3) is 2.77. The van der Waals surface area contributed by atoms with E-state index in [0.29, 0.717) is 30.0 Å². The lowest BCUT2D eigenvalue weighted by Crippen LogP contribution is -2.11. The lowest BCUT2D eigenvalue weighted by molar-refractivity contribution is 0.0980. The Bertz CT molecular complexity index is 413. The third-order valence-electron chi connectivity index (χ3n) is 2.68. The highest BCUT2D eigenvalue weighted by atomic mass is 16.5. The van der Waals surface area contributed by atoms with E-state index in [0.717, 1.165) is 12.8 Å². The van der Waals surface area contributed by atoms with Gasteiger partial charge in [-0.15, -0.1) is 0 Å². The number of methoxy groups -OCH3 is 1. The maximum atomic E-state index is 11.9. The molecule has 92 valence electrons. The van der Waals surface area contributed by atoms with Crippen molar-refractivity contribution in [3.05, 3.63) is 23.8 Å². The van der Waals surface area contributed by atoms with Crippen molar-refractivity contribution in [2.45, 2.75) is 25.4 Å². The van der Waals surface area contributed by atoms with Gasteiger partial charge in [0.05, 0.1) is 18.8 Å². The molecule has 0 amide bonds. The molecule has 0 aromatic heterocycles. The molecule has 1 fully saturated rings. The molecule has 2 rings (SSSR count). The predicted octanol–water partition coefficient (Wildman–Crippen LogP) is 1.77. The summed E-state index contributed by atoms with van der Waals surface area (Å²) in [5.74, 6) is 1.18. The number of nitrogens with two attached hydrogens (primary N) is 1. The molecule has 0 atom stereocenters. The van der Waals surface area contributed by atoms with Gasteiger partial charge in [-0.05, 0) is 31.5 Å². The fourth-order valence-corrected chi connectivity index (χ4v) is 1.64. The highest BCUT2D eigenvalue weighted by molar-refractivity contribution is 5.99. The van der Waals surface area contributed by atoms with Gasteiger partial charge in [-0.3, -0.25) is 4.79 Å². The summed E-state index contributed by atoms with van der Waals surface area (Å²) in [5, 5.41) is 0. The summed E-state index contributed by atoms with van der Waals surface area (Å²) in [4.78, 5) is 11.9. The summed E-state index contributed by atoms with van der Waals surface area (Å²) in [6, 6.07) is 5.36. The Morgan fingerprint density at radius 1 is 1.47 bits per heavy atom. The summed E-state index contributed by atoms with van der Waals surface area (Å²) < 4.78 is 11.0. The molecule has 0 heterocycles. The zero-order valence-corrected chi connectivity index (χ0v) is 9.94. The van der Waals surface area contributed by atoms with Crippen LogP contribution in [0.5, 0.6) is 11.5 Å². The van der Waals surface area contributed by atoms with Gasteiger partial charge in [-0.25, -0.2) is 0 Å². The van der Waals surface area contributed by atoms with Crippen LogP contribution in [0.3, 0.4) is 0 Å². The molecule has 1 aromatic carbocycles. The molecule has 1 aliphatic carbocycles. The topological polar surface area (TPSA) is 61.5 Å². The van der Waals surface area contributed by atoms with E-state index in [1.165, 1.54) is 0 Å². The molecular formula is C13H17NO3. The van der Waals surface area contributed by atoms with Crippen LogP contribution in [0.15, 0.2) is 18.2 Å². The summed E-state index contributed by atoms with van der Waals surface area (Å²) in [6.45, 7) is 0.346. The van der Waals surface area contributed by atoms with Crippen molar-refractivity contribution in [1.29, 1.82) is 0 Å². The Morgan fingerprint density at radius 2 is 2.24 bits per heavy atom. The van der Waals surface area contributed by atoms with Crippen LogP contribution in [0.25, 0.3) is 0 Å². The van der Waals surface area contributed by atoms with Crippen LogP contribution in [0.2, 0.25) is 0 Å². The molecule has 0 unspecified atom stereocenters. The first-order valence-corrected chi connectivity index (χ1v) is 5.83. The maximum Gasteiger partial charge on any atom is 0.172 e. The van der Waals surface area contributed by atoms with Crippen molar-refractivity contribution in [2.75, 3.05) is 13.7 Å². The number of ether oxygens (including phenoxy) is 2. The van der Waals surface area contributed by atoms with Crippen LogP contribution in [0.1, 0.15) is 29.6 Å². The largest absolute Gasteiger partial charge is 0.493 e. The smallest absolute Gasteiger partial charge is 0.172 e. The van der Waals surface area contributed by atoms with Gasteiger partial charge in [-0.2, -0.15) is 0 Å². The minimum absolute atomic E-state index is 0.00190. The van der Waals surface area contributed by atoms with E-state index in [9.17, 15) is 4.79 Å². The van der Waals surface area contributed by atoms with Crippen LogP contribution >= 0.6 is 0 Å². The van der Waals surface area contributed by atoms with Crippen LogP contribution in [-0.4, -0.2) is 25.5 Å². The predicted molar refractivity (Wildman–Crippen MR) is 64.6 cm³/mol. The van der Waals surface area contributed by atoms with E-state index in [2.05, 4.69) is 0 Å². The quantitative estimate of drug-likeness (QED) is 0.763. The fourth-order valence-electron chi connectivity index (χ4n) is 1.64. The zero-order valence-electron chi connectivity index (χ0n) is 9.94. The summed E-state index contributed by atoms with van der Waals surface area (Å²) >= 11 is 0. The van der Waals surface area contributed by atoms with Crippen LogP contribution in [0.4, 0.5) is 0 Å². The number of hydrogen-bond donors (Lipinski definition) is 1. The molecule has 0 saturated heterocycles.